The minimum Gasteiger partial charge on any atom is -0.383 e. The third-order valence-electron chi connectivity index (χ3n) is 4.70. The molecule has 2 heterocycles. The van der Waals surface area contributed by atoms with E-state index in [0.717, 1.165) is 27.8 Å². The fourth-order valence-electron chi connectivity index (χ4n) is 3.27. The van der Waals surface area contributed by atoms with Crippen LogP contribution in [0.4, 0.5) is 5.82 Å². The molecule has 2 N–H and O–H groups in total. The highest BCUT2D eigenvalue weighted by Gasteiger charge is 2.16. The third kappa shape index (κ3) is 3.54. The maximum absolute atomic E-state index is 11.6. The van der Waals surface area contributed by atoms with E-state index >= 15 is 0 Å². The topological polar surface area (TPSA) is 78.2 Å². The molecule has 7 heteroatoms. The van der Waals surface area contributed by atoms with Gasteiger partial charge in [0, 0.05) is 22.5 Å². The number of ketones is 1. The third-order valence-corrected chi connectivity index (χ3v) is 4.95. The van der Waals surface area contributed by atoms with Crippen molar-refractivity contribution in [2.75, 3.05) is 5.73 Å². The Kier molecular flexibility index (Phi) is 5.05. The van der Waals surface area contributed by atoms with E-state index in [1.807, 2.05) is 59.3 Å². The van der Waals surface area contributed by atoms with Crippen LogP contribution in [0.5, 0.6) is 0 Å². The summed E-state index contributed by atoms with van der Waals surface area (Å²) in [6.07, 6.45) is 4.95. The van der Waals surface area contributed by atoms with Gasteiger partial charge in [0.25, 0.3) is 0 Å². The van der Waals surface area contributed by atoms with Gasteiger partial charge in [-0.1, -0.05) is 35.9 Å². The van der Waals surface area contributed by atoms with Crippen molar-refractivity contribution in [2.45, 2.75) is 6.92 Å². The molecule has 0 radical (unpaired) electrons. The standard InChI is InChI=1S/C23H16ClN5O/c1-14(30)20(26-2)11-15-4-3-5-18(10-15)29-12-19(16-6-8-17(24)9-7-16)21-22(25)27-13-28-23(21)29/h3-13H,1H3,(H2,25,27,28)/b20-11-. The zero-order valence-electron chi connectivity index (χ0n) is 16.0. The lowest BCUT2D eigenvalue weighted by Gasteiger charge is -2.06. The second-order valence-corrected chi connectivity index (χ2v) is 7.11. The van der Waals surface area contributed by atoms with Gasteiger partial charge in [-0.2, -0.15) is 0 Å². The number of anilines is 1. The number of aromatic nitrogens is 3. The van der Waals surface area contributed by atoms with Crippen molar-refractivity contribution in [3.63, 3.8) is 0 Å². The van der Waals surface area contributed by atoms with Gasteiger partial charge in [0.2, 0.25) is 5.70 Å². The zero-order chi connectivity index (χ0) is 21.3. The van der Waals surface area contributed by atoms with Crippen molar-refractivity contribution in [1.82, 2.24) is 14.5 Å². The molecule has 4 aromatic rings. The highest BCUT2D eigenvalue weighted by atomic mass is 35.5. The monoisotopic (exact) mass is 413 g/mol. The number of carbonyl (C=O) groups is 1. The van der Waals surface area contributed by atoms with Crippen molar-refractivity contribution in [1.29, 1.82) is 0 Å². The fraction of sp³-hybridized carbons (Fsp3) is 0.0435. The number of hydrogen-bond donors (Lipinski definition) is 1. The van der Waals surface area contributed by atoms with Crippen molar-refractivity contribution >= 4 is 40.3 Å². The lowest BCUT2D eigenvalue weighted by molar-refractivity contribution is -0.113. The quantitative estimate of drug-likeness (QED) is 0.369. The molecular formula is C23H16ClN5O. The first-order chi connectivity index (χ1) is 14.5. The summed E-state index contributed by atoms with van der Waals surface area (Å²) in [5.74, 6) is 0.110. The normalized spacial score (nSPS) is 11.4. The van der Waals surface area contributed by atoms with Gasteiger partial charge in [0.15, 0.2) is 11.4 Å². The van der Waals surface area contributed by atoms with E-state index in [2.05, 4.69) is 14.8 Å². The molecule has 0 unspecified atom stereocenters. The second kappa shape index (κ2) is 7.82. The summed E-state index contributed by atoms with van der Waals surface area (Å²) in [6.45, 7) is 8.57. The molecule has 30 heavy (non-hydrogen) atoms. The van der Waals surface area contributed by atoms with E-state index < -0.39 is 0 Å². The summed E-state index contributed by atoms with van der Waals surface area (Å²) in [6, 6.07) is 15.0. The van der Waals surface area contributed by atoms with Gasteiger partial charge in [-0.05, 0) is 48.4 Å². The van der Waals surface area contributed by atoms with Crippen LogP contribution < -0.4 is 5.73 Å². The number of Topliss-reactive ketones (excluding diaryl/α,β-unsaturated/α-hetero) is 1. The van der Waals surface area contributed by atoms with Crippen molar-refractivity contribution in [2.24, 2.45) is 0 Å². The number of benzene rings is 2. The Morgan fingerprint density at radius 2 is 1.97 bits per heavy atom. The smallest absolute Gasteiger partial charge is 0.229 e. The van der Waals surface area contributed by atoms with E-state index in [1.165, 1.54) is 13.3 Å². The molecule has 2 aromatic carbocycles. The van der Waals surface area contributed by atoms with Gasteiger partial charge in [-0.3, -0.25) is 0 Å². The van der Waals surface area contributed by atoms with E-state index in [0.29, 0.717) is 16.5 Å². The summed E-state index contributed by atoms with van der Waals surface area (Å²) in [5, 5.41) is 1.39. The predicted octanol–water partition coefficient (Wildman–Crippen LogP) is 5.17. The molecule has 0 amide bonds. The molecule has 0 saturated heterocycles. The Labute approximate surface area is 178 Å². The average molecular weight is 414 g/mol. The Morgan fingerprint density at radius 1 is 1.20 bits per heavy atom. The van der Waals surface area contributed by atoms with Gasteiger partial charge < -0.3 is 15.1 Å². The van der Waals surface area contributed by atoms with Crippen LogP contribution in [0.15, 0.2) is 66.8 Å². The first-order valence-electron chi connectivity index (χ1n) is 9.06. The average Bonchev–Trinajstić information content (AvgIpc) is 3.13. The number of hydrogen-bond acceptors (Lipinski definition) is 4. The molecule has 0 aliphatic carbocycles. The predicted molar refractivity (Wildman–Crippen MR) is 119 cm³/mol. The summed E-state index contributed by atoms with van der Waals surface area (Å²) >= 11 is 6.04. The van der Waals surface area contributed by atoms with Crippen LogP contribution in [0.25, 0.3) is 38.8 Å². The highest BCUT2D eigenvalue weighted by Crippen LogP contribution is 2.34. The van der Waals surface area contributed by atoms with Crippen LogP contribution >= 0.6 is 11.6 Å². The first-order valence-corrected chi connectivity index (χ1v) is 9.43. The molecule has 146 valence electrons. The van der Waals surface area contributed by atoms with Crippen LogP contribution in [-0.4, -0.2) is 20.3 Å². The number of nitrogen functional groups attached to an aromatic ring is 1. The van der Waals surface area contributed by atoms with Gasteiger partial charge in [-0.15, -0.1) is 0 Å². The van der Waals surface area contributed by atoms with Crippen molar-refractivity contribution in [3.8, 4) is 16.8 Å². The number of fused-ring (bicyclic) bond motifs is 1. The van der Waals surface area contributed by atoms with Crippen LogP contribution in [-0.2, 0) is 4.79 Å². The minimum atomic E-state index is -0.271. The van der Waals surface area contributed by atoms with Gasteiger partial charge >= 0.3 is 0 Å². The van der Waals surface area contributed by atoms with Gasteiger partial charge in [0.1, 0.15) is 12.1 Å². The van der Waals surface area contributed by atoms with E-state index in [9.17, 15) is 4.79 Å². The summed E-state index contributed by atoms with van der Waals surface area (Å²) in [7, 11) is 0. The zero-order valence-corrected chi connectivity index (χ0v) is 16.8. The first kappa shape index (κ1) is 19.4. The molecule has 6 nitrogen and oxygen atoms in total. The molecule has 0 fully saturated rings. The van der Waals surface area contributed by atoms with E-state index in [1.54, 1.807) is 6.08 Å². The van der Waals surface area contributed by atoms with Crippen LogP contribution in [0.2, 0.25) is 5.02 Å². The maximum Gasteiger partial charge on any atom is 0.229 e. The fourth-order valence-corrected chi connectivity index (χ4v) is 3.39. The summed E-state index contributed by atoms with van der Waals surface area (Å²) in [5.41, 5.74) is 10.3. The SMILES string of the molecule is [C-]#[N+]/C(=C\c1cccc(-n2cc(-c3ccc(Cl)cc3)c3c(N)ncnc32)c1)C(C)=O. The number of rotatable bonds is 4. The number of nitrogens with zero attached hydrogens (tertiary/aromatic N) is 4. The number of nitrogens with two attached hydrogens (primary N) is 1. The Balaban J connectivity index is 1.92. The van der Waals surface area contributed by atoms with E-state index in [-0.39, 0.29) is 11.5 Å². The molecule has 0 atom stereocenters. The molecule has 0 aliphatic heterocycles. The Morgan fingerprint density at radius 3 is 2.67 bits per heavy atom. The molecule has 2 aromatic heterocycles. The Bertz CT molecular complexity index is 1350. The number of allylic oxidation sites excluding steroid dienone is 1. The summed E-state index contributed by atoms with van der Waals surface area (Å²) < 4.78 is 1.92. The minimum absolute atomic E-state index is 0.0814. The van der Waals surface area contributed by atoms with Crippen LogP contribution in [0.1, 0.15) is 12.5 Å². The van der Waals surface area contributed by atoms with Gasteiger partial charge in [-0.25, -0.2) is 14.8 Å². The lowest BCUT2D eigenvalue weighted by atomic mass is 10.1. The lowest BCUT2D eigenvalue weighted by Crippen LogP contribution is -1.97. The van der Waals surface area contributed by atoms with Crippen molar-refractivity contribution < 1.29 is 4.79 Å². The Hall–Kier alpha value is -3.95. The molecule has 0 bridgehead atoms. The highest BCUT2D eigenvalue weighted by molar-refractivity contribution is 6.30. The molecule has 4 rings (SSSR count). The molecule has 0 saturated carbocycles. The second-order valence-electron chi connectivity index (χ2n) is 6.67. The number of carbonyl (C=O) groups excluding carboxylic acids is 1. The maximum atomic E-state index is 11.6. The molecular weight excluding hydrogens is 398 g/mol. The molecule has 0 spiro atoms. The van der Waals surface area contributed by atoms with Crippen LogP contribution in [0.3, 0.4) is 0 Å². The van der Waals surface area contributed by atoms with Gasteiger partial charge in [0.05, 0.1) is 12.0 Å². The van der Waals surface area contributed by atoms with Crippen molar-refractivity contribution in [3.05, 3.63) is 88.8 Å². The van der Waals surface area contributed by atoms with Crippen LogP contribution in [0, 0.1) is 6.57 Å². The molecule has 0 aliphatic rings. The summed E-state index contributed by atoms with van der Waals surface area (Å²) in [4.78, 5) is 23.5. The van der Waals surface area contributed by atoms with E-state index in [4.69, 9.17) is 23.9 Å². The number of halogens is 1. The largest absolute Gasteiger partial charge is 0.383 e.